The Morgan fingerprint density at radius 3 is 2.44 bits per heavy atom. The maximum absolute atomic E-state index is 5.33. The lowest BCUT2D eigenvalue weighted by molar-refractivity contribution is 0.174. The third kappa shape index (κ3) is 2.05. The van der Waals surface area contributed by atoms with Gasteiger partial charge in [0.15, 0.2) is 11.5 Å². The molecule has 18 heavy (non-hydrogen) atoms. The zero-order chi connectivity index (χ0) is 12.4. The normalized spacial score (nSPS) is 12.3. The molecular weight excluding hydrogens is 230 g/mol. The number of fused-ring (bicyclic) bond motifs is 1. The molecule has 0 fully saturated rings. The quantitative estimate of drug-likeness (QED) is 0.898. The van der Waals surface area contributed by atoms with Crippen LogP contribution >= 0.6 is 0 Å². The maximum Gasteiger partial charge on any atom is 0.231 e. The van der Waals surface area contributed by atoms with Crippen molar-refractivity contribution in [1.82, 2.24) is 0 Å². The molecule has 0 aliphatic carbocycles. The van der Waals surface area contributed by atoms with Crippen LogP contribution < -0.4 is 19.5 Å². The molecular formula is C14H13NO3. The van der Waals surface area contributed by atoms with Crippen molar-refractivity contribution >= 4 is 11.4 Å². The van der Waals surface area contributed by atoms with Crippen LogP contribution in [-0.4, -0.2) is 13.9 Å². The van der Waals surface area contributed by atoms with E-state index in [0.29, 0.717) is 6.79 Å². The van der Waals surface area contributed by atoms with Gasteiger partial charge in [0.25, 0.3) is 0 Å². The number of ether oxygens (including phenoxy) is 3. The molecule has 0 unspecified atom stereocenters. The van der Waals surface area contributed by atoms with Gasteiger partial charge in [0.2, 0.25) is 6.79 Å². The maximum atomic E-state index is 5.33. The van der Waals surface area contributed by atoms with E-state index in [1.54, 1.807) is 7.11 Å². The van der Waals surface area contributed by atoms with Crippen LogP contribution in [0.3, 0.4) is 0 Å². The summed E-state index contributed by atoms with van der Waals surface area (Å²) >= 11 is 0. The molecule has 92 valence electrons. The Kier molecular flexibility index (Phi) is 2.68. The van der Waals surface area contributed by atoms with Crippen LogP contribution in [0.2, 0.25) is 0 Å². The SMILES string of the molecule is COc1ccc(Nc2ccc3c(c2)OCO3)cc1. The van der Waals surface area contributed by atoms with E-state index < -0.39 is 0 Å². The molecule has 0 saturated heterocycles. The molecule has 4 nitrogen and oxygen atoms in total. The molecule has 0 amide bonds. The van der Waals surface area contributed by atoms with Gasteiger partial charge in [-0.3, -0.25) is 0 Å². The van der Waals surface area contributed by atoms with Crippen molar-refractivity contribution < 1.29 is 14.2 Å². The molecule has 3 rings (SSSR count). The van der Waals surface area contributed by atoms with Crippen molar-refractivity contribution in [3.63, 3.8) is 0 Å². The highest BCUT2D eigenvalue weighted by molar-refractivity contribution is 5.64. The molecule has 1 aliphatic rings. The summed E-state index contributed by atoms with van der Waals surface area (Å²) in [6.07, 6.45) is 0. The fourth-order valence-electron chi connectivity index (χ4n) is 1.82. The van der Waals surface area contributed by atoms with Crippen LogP contribution in [0, 0.1) is 0 Å². The Balaban J connectivity index is 1.79. The fourth-order valence-corrected chi connectivity index (χ4v) is 1.82. The highest BCUT2D eigenvalue weighted by Gasteiger charge is 2.12. The predicted octanol–water partition coefficient (Wildman–Crippen LogP) is 3.17. The van der Waals surface area contributed by atoms with Gasteiger partial charge in [-0.15, -0.1) is 0 Å². The van der Waals surface area contributed by atoms with Crippen molar-refractivity contribution in [2.24, 2.45) is 0 Å². The zero-order valence-corrected chi connectivity index (χ0v) is 9.97. The Bertz CT molecular complexity index is 551. The van der Waals surface area contributed by atoms with Crippen molar-refractivity contribution in [2.75, 3.05) is 19.2 Å². The average molecular weight is 243 g/mol. The van der Waals surface area contributed by atoms with Crippen molar-refractivity contribution in [1.29, 1.82) is 0 Å². The van der Waals surface area contributed by atoms with E-state index in [1.165, 1.54) is 0 Å². The number of methoxy groups -OCH3 is 1. The molecule has 1 N–H and O–H groups in total. The van der Waals surface area contributed by atoms with Gasteiger partial charge in [-0.2, -0.15) is 0 Å². The Labute approximate surface area is 105 Å². The predicted molar refractivity (Wildman–Crippen MR) is 68.8 cm³/mol. The van der Waals surface area contributed by atoms with E-state index in [-0.39, 0.29) is 0 Å². The molecule has 1 heterocycles. The van der Waals surface area contributed by atoms with E-state index in [0.717, 1.165) is 28.6 Å². The lowest BCUT2D eigenvalue weighted by Crippen LogP contribution is -1.93. The van der Waals surface area contributed by atoms with Crippen molar-refractivity contribution in [3.8, 4) is 17.2 Å². The molecule has 0 radical (unpaired) electrons. The minimum absolute atomic E-state index is 0.293. The number of anilines is 2. The summed E-state index contributed by atoms with van der Waals surface area (Å²) in [7, 11) is 1.65. The van der Waals surface area contributed by atoms with Crippen molar-refractivity contribution in [2.45, 2.75) is 0 Å². The summed E-state index contributed by atoms with van der Waals surface area (Å²) in [5.74, 6) is 2.40. The second-order valence-electron chi connectivity index (χ2n) is 3.92. The van der Waals surface area contributed by atoms with Crippen LogP contribution in [0.15, 0.2) is 42.5 Å². The van der Waals surface area contributed by atoms with Gasteiger partial charge >= 0.3 is 0 Å². The largest absolute Gasteiger partial charge is 0.497 e. The summed E-state index contributed by atoms with van der Waals surface area (Å²) in [4.78, 5) is 0. The molecule has 0 bridgehead atoms. The Morgan fingerprint density at radius 2 is 1.67 bits per heavy atom. The molecule has 0 spiro atoms. The van der Waals surface area contributed by atoms with Gasteiger partial charge in [-0.25, -0.2) is 0 Å². The van der Waals surface area contributed by atoms with E-state index >= 15 is 0 Å². The minimum atomic E-state index is 0.293. The van der Waals surface area contributed by atoms with Crippen molar-refractivity contribution in [3.05, 3.63) is 42.5 Å². The first-order valence-electron chi connectivity index (χ1n) is 5.66. The highest BCUT2D eigenvalue weighted by Crippen LogP contribution is 2.35. The lowest BCUT2D eigenvalue weighted by Gasteiger charge is -2.08. The minimum Gasteiger partial charge on any atom is -0.497 e. The fraction of sp³-hybridized carbons (Fsp3) is 0.143. The third-order valence-electron chi connectivity index (χ3n) is 2.75. The number of hydrogen-bond acceptors (Lipinski definition) is 4. The lowest BCUT2D eigenvalue weighted by atomic mass is 10.2. The first-order chi connectivity index (χ1) is 8.85. The van der Waals surface area contributed by atoms with Crippen LogP contribution in [0.4, 0.5) is 11.4 Å². The number of benzene rings is 2. The molecule has 2 aromatic carbocycles. The van der Waals surface area contributed by atoms with Gasteiger partial charge in [-0.05, 0) is 36.4 Å². The van der Waals surface area contributed by atoms with E-state index in [4.69, 9.17) is 14.2 Å². The number of rotatable bonds is 3. The van der Waals surface area contributed by atoms with Crippen LogP contribution in [0.1, 0.15) is 0 Å². The summed E-state index contributed by atoms with van der Waals surface area (Å²) in [6.45, 7) is 0.293. The zero-order valence-electron chi connectivity index (χ0n) is 9.97. The van der Waals surface area contributed by atoms with Crippen LogP contribution in [0.5, 0.6) is 17.2 Å². The van der Waals surface area contributed by atoms with Gasteiger partial charge in [0.05, 0.1) is 7.11 Å². The third-order valence-corrected chi connectivity index (χ3v) is 2.75. The van der Waals surface area contributed by atoms with E-state index in [2.05, 4.69) is 5.32 Å². The number of nitrogens with one attached hydrogen (secondary N) is 1. The van der Waals surface area contributed by atoms with E-state index in [1.807, 2.05) is 42.5 Å². The Hall–Kier alpha value is -2.36. The number of hydrogen-bond donors (Lipinski definition) is 1. The second kappa shape index (κ2) is 4.49. The monoisotopic (exact) mass is 243 g/mol. The van der Waals surface area contributed by atoms with Crippen LogP contribution in [-0.2, 0) is 0 Å². The molecule has 0 atom stereocenters. The van der Waals surface area contributed by atoms with Gasteiger partial charge in [0, 0.05) is 17.4 Å². The summed E-state index contributed by atoms with van der Waals surface area (Å²) < 4.78 is 15.7. The molecule has 2 aromatic rings. The first-order valence-corrected chi connectivity index (χ1v) is 5.66. The summed E-state index contributed by atoms with van der Waals surface area (Å²) in [5.41, 5.74) is 1.96. The standard InChI is InChI=1S/C14H13NO3/c1-16-12-5-2-10(3-6-12)15-11-4-7-13-14(8-11)18-9-17-13/h2-8,15H,9H2,1H3. The molecule has 0 aromatic heterocycles. The molecule has 1 aliphatic heterocycles. The summed E-state index contributed by atoms with van der Waals surface area (Å²) in [5, 5.41) is 3.29. The second-order valence-corrected chi connectivity index (χ2v) is 3.92. The van der Waals surface area contributed by atoms with E-state index in [9.17, 15) is 0 Å². The molecule has 4 heteroatoms. The topological polar surface area (TPSA) is 39.7 Å². The smallest absolute Gasteiger partial charge is 0.231 e. The highest BCUT2D eigenvalue weighted by atomic mass is 16.7. The molecule has 0 saturated carbocycles. The first kappa shape index (κ1) is 10.8. The van der Waals surface area contributed by atoms with Gasteiger partial charge < -0.3 is 19.5 Å². The van der Waals surface area contributed by atoms with Crippen LogP contribution in [0.25, 0.3) is 0 Å². The average Bonchev–Trinajstić information content (AvgIpc) is 2.87. The summed E-state index contributed by atoms with van der Waals surface area (Å²) in [6, 6.07) is 13.5. The van der Waals surface area contributed by atoms with Gasteiger partial charge in [-0.1, -0.05) is 0 Å². The Morgan fingerprint density at radius 1 is 0.944 bits per heavy atom. The van der Waals surface area contributed by atoms with Gasteiger partial charge in [0.1, 0.15) is 5.75 Å².